The van der Waals surface area contributed by atoms with Crippen molar-refractivity contribution in [1.29, 1.82) is 0 Å². The van der Waals surface area contributed by atoms with Gasteiger partial charge in [0.25, 0.3) is 0 Å². The van der Waals surface area contributed by atoms with Crippen LogP contribution in [0.2, 0.25) is 0 Å². The van der Waals surface area contributed by atoms with Crippen LogP contribution >= 0.6 is 12.4 Å². The van der Waals surface area contributed by atoms with Gasteiger partial charge in [-0.25, -0.2) is 0 Å². The quantitative estimate of drug-likeness (QED) is 0.739. The molecular formula is C16H22ClN3O4. The molecule has 8 heteroatoms. The molecule has 0 amide bonds. The third-order valence-electron chi connectivity index (χ3n) is 3.15. The van der Waals surface area contributed by atoms with Gasteiger partial charge in [-0.15, -0.1) is 12.4 Å². The van der Waals surface area contributed by atoms with Crippen molar-refractivity contribution in [1.82, 2.24) is 15.0 Å². The number of nitrogens with zero attached hydrogens (tertiary/aromatic N) is 3. The summed E-state index contributed by atoms with van der Waals surface area (Å²) in [7, 11) is 0. The van der Waals surface area contributed by atoms with Gasteiger partial charge in [0.15, 0.2) is 0 Å². The lowest BCUT2D eigenvalue weighted by molar-refractivity contribution is -0.138. The van der Waals surface area contributed by atoms with Crippen molar-refractivity contribution in [2.75, 3.05) is 19.7 Å². The van der Waals surface area contributed by atoms with Crippen molar-refractivity contribution in [3.63, 3.8) is 0 Å². The maximum Gasteiger partial charge on any atom is 0.317 e. The highest BCUT2D eigenvalue weighted by molar-refractivity contribution is 5.85. The SMILES string of the molecule is CCCN(CC(=O)O)Cc1nc(-c2ccc(OCC)cc2)no1.Cl. The summed E-state index contributed by atoms with van der Waals surface area (Å²) in [6, 6.07) is 7.42. The van der Waals surface area contributed by atoms with Gasteiger partial charge in [-0.2, -0.15) is 4.98 Å². The Bertz CT molecular complexity index is 631. The summed E-state index contributed by atoms with van der Waals surface area (Å²) in [4.78, 5) is 17.0. The minimum atomic E-state index is -0.871. The number of aromatic nitrogens is 2. The number of hydrogen-bond donors (Lipinski definition) is 1. The number of benzene rings is 1. The average molecular weight is 356 g/mol. The fourth-order valence-corrected chi connectivity index (χ4v) is 2.22. The summed E-state index contributed by atoms with van der Waals surface area (Å²) >= 11 is 0. The first-order valence-electron chi connectivity index (χ1n) is 7.62. The minimum absolute atomic E-state index is 0. The van der Waals surface area contributed by atoms with Gasteiger partial charge in [0.2, 0.25) is 11.7 Å². The molecule has 1 heterocycles. The Morgan fingerprint density at radius 3 is 2.58 bits per heavy atom. The maximum absolute atomic E-state index is 10.9. The van der Waals surface area contributed by atoms with Gasteiger partial charge in [0.1, 0.15) is 5.75 Å². The van der Waals surface area contributed by atoms with Crippen molar-refractivity contribution in [2.24, 2.45) is 0 Å². The smallest absolute Gasteiger partial charge is 0.317 e. The highest BCUT2D eigenvalue weighted by Gasteiger charge is 2.15. The average Bonchev–Trinajstić information content (AvgIpc) is 2.96. The summed E-state index contributed by atoms with van der Waals surface area (Å²) in [5.41, 5.74) is 0.823. The molecule has 0 aliphatic heterocycles. The van der Waals surface area contributed by atoms with E-state index < -0.39 is 5.97 Å². The van der Waals surface area contributed by atoms with Crippen LogP contribution in [0.4, 0.5) is 0 Å². The molecule has 0 saturated carbocycles. The second-order valence-corrected chi connectivity index (χ2v) is 5.07. The van der Waals surface area contributed by atoms with Gasteiger partial charge >= 0.3 is 5.97 Å². The van der Waals surface area contributed by atoms with E-state index in [2.05, 4.69) is 10.1 Å². The summed E-state index contributed by atoms with van der Waals surface area (Å²) in [6.07, 6.45) is 0.854. The van der Waals surface area contributed by atoms with E-state index in [1.807, 2.05) is 38.1 Å². The lowest BCUT2D eigenvalue weighted by Gasteiger charge is -2.16. The van der Waals surface area contributed by atoms with E-state index in [1.54, 1.807) is 4.90 Å². The van der Waals surface area contributed by atoms with E-state index in [1.165, 1.54) is 0 Å². The summed E-state index contributed by atoms with van der Waals surface area (Å²) < 4.78 is 10.6. The van der Waals surface area contributed by atoms with E-state index in [9.17, 15) is 4.79 Å². The fourth-order valence-electron chi connectivity index (χ4n) is 2.22. The van der Waals surface area contributed by atoms with E-state index in [0.29, 0.717) is 31.4 Å². The molecule has 0 fully saturated rings. The lowest BCUT2D eigenvalue weighted by atomic mass is 10.2. The first kappa shape index (κ1) is 19.9. The van der Waals surface area contributed by atoms with Crippen LogP contribution in [0.5, 0.6) is 5.75 Å². The highest BCUT2D eigenvalue weighted by Crippen LogP contribution is 2.20. The zero-order valence-corrected chi connectivity index (χ0v) is 14.6. The van der Waals surface area contributed by atoms with Crippen LogP contribution < -0.4 is 4.74 Å². The minimum Gasteiger partial charge on any atom is -0.494 e. The number of carboxylic acid groups (broad SMARTS) is 1. The third-order valence-corrected chi connectivity index (χ3v) is 3.15. The Balaban J connectivity index is 0.00000288. The number of rotatable bonds is 9. The van der Waals surface area contributed by atoms with Crippen molar-refractivity contribution >= 4 is 18.4 Å². The monoisotopic (exact) mass is 355 g/mol. The van der Waals surface area contributed by atoms with Crippen molar-refractivity contribution < 1.29 is 19.2 Å². The number of aliphatic carboxylic acids is 1. The molecule has 7 nitrogen and oxygen atoms in total. The standard InChI is InChI=1S/C16H21N3O4.ClH/c1-3-9-19(11-15(20)21)10-14-17-16(18-23-14)12-5-7-13(8-6-12)22-4-2;/h5-8H,3-4,9-11H2,1-2H3,(H,20,21);1H. The number of carboxylic acids is 1. The second-order valence-electron chi connectivity index (χ2n) is 5.07. The van der Waals surface area contributed by atoms with E-state index >= 15 is 0 Å². The normalized spacial score (nSPS) is 10.5. The molecule has 0 unspecified atom stereocenters. The zero-order chi connectivity index (χ0) is 16.7. The molecule has 2 rings (SSSR count). The molecule has 0 spiro atoms. The molecule has 1 aromatic heterocycles. The van der Waals surface area contributed by atoms with Crippen molar-refractivity contribution in [3.8, 4) is 17.1 Å². The maximum atomic E-state index is 10.9. The largest absolute Gasteiger partial charge is 0.494 e. The van der Waals surface area contributed by atoms with Gasteiger partial charge in [0.05, 0.1) is 19.7 Å². The van der Waals surface area contributed by atoms with Crippen LogP contribution in [-0.4, -0.2) is 45.8 Å². The van der Waals surface area contributed by atoms with Gasteiger partial charge in [0, 0.05) is 5.56 Å². The molecule has 1 N–H and O–H groups in total. The predicted molar refractivity (Wildman–Crippen MR) is 91.4 cm³/mol. The molecule has 0 bridgehead atoms. The van der Waals surface area contributed by atoms with Crippen LogP contribution in [0, 0.1) is 0 Å². The van der Waals surface area contributed by atoms with Crippen molar-refractivity contribution in [2.45, 2.75) is 26.8 Å². The van der Waals surface area contributed by atoms with E-state index in [0.717, 1.165) is 17.7 Å². The Morgan fingerprint density at radius 1 is 1.29 bits per heavy atom. The first-order valence-corrected chi connectivity index (χ1v) is 7.62. The Hall–Kier alpha value is -2.12. The zero-order valence-electron chi connectivity index (χ0n) is 13.8. The second kappa shape index (κ2) is 9.89. The summed E-state index contributed by atoms with van der Waals surface area (Å²) in [5.74, 6) is 0.804. The van der Waals surface area contributed by atoms with Gasteiger partial charge in [-0.3, -0.25) is 9.69 Å². The summed E-state index contributed by atoms with van der Waals surface area (Å²) in [5, 5.41) is 12.9. The van der Waals surface area contributed by atoms with Gasteiger partial charge in [-0.05, 0) is 44.2 Å². The molecule has 0 aliphatic carbocycles. The Morgan fingerprint density at radius 2 is 2.00 bits per heavy atom. The van der Waals surface area contributed by atoms with E-state index in [-0.39, 0.29) is 19.0 Å². The highest BCUT2D eigenvalue weighted by atomic mass is 35.5. The van der Waals surface area contributed by atoms with Gasteiger partial charge < -0.3 is 14.4 Å². The number of ether oxygens (including phenoxy) is 1. The molecule has 0 atom stereocenters. The Labute approximate surface area is 147 Å². The van der Waals surface area contributed by atoms with Crippen LogP contribution in [0.15, 0.2) is 28.8 Å². The predicted octanol–water partition coefficient (Wildman–Crippen LogP) is 2.85. The van der Waals surface area contributed by atoms with E-state index in [4.69, 9.17) is 14.4 Å². The third kappa shape index (κ3) is 5.82. The van der Waals surface area contributed by atoms with Crippen LogP contribution in [0.25, 0.3) is 11.4 Å². The number of halogens is 1. The topological polar surface area (TPSA) is 88.7 Å². The first-order chi connectivity index (χ1) is 11.1. The summed E-state index contributed by atoms with van der Waals surface area (Å²) in [6.45, 7) is 5.47. The molecule has 0 radical (unpaired) electrons. The molecule has 0 saturated heterocycles. The molecule has 0 aliphatic rings. The number of carbonyl (C=O) groups is 1. The molecular weight excluding hydrogens is 334 g/mol. The number of hydrogen-bond acceptors (Lipinski definition) is 6. The van der Waals surface area contributed by atoms with Crippen molar-refractivity contribution in [3.05, 3.63) is 30.2 Å². The van der Waals surface area contributed by atoms with Gasteiger partial charge in [-0.1, -0.05) is 12.1 Å². The molecule has 1 aromatic carbocycles. The fraction of sp³-hybridized carbons (Fsp3) is 0.438. The van der Waals surface area contributed by atoms with Crippen LogP contribution in [-0.2, 0) is 11.3 Å². The molecule has 2 aromatic rings. The Kier molecular flexibility index (Phi) is 8.21. The molecule has 24 heavy (non-hydrogen) atoms. The van der Waals surface area contributed by atoms with Crippen LogP contribution in [0.3, 0.4) is 0 Å². The van der Waals surface area contributed by atoms with Crippen LogP contribution in [0.1, 0.15) is 26.2 Å². The molecule has 132 valence electrons. The lowest BCUT2D eigenvalue weighted by Crippen LogP contribution is -2.30.